The van der Waals surface area contributed by atoms with Gasteiger partial charge in [0.25, 0.3) is 0 Å². The van der Waals surface area contributed by atoms with E-state index in [1.54, 1.807) is 11.3 Å². The third-order valence-electron chi connectivity index (χ3n) is 5.19. The number of thiophene rings is 1. The molecule has 1 aromatic carbocycles. The lowest BCUT2D eigenvalue weighted by atomic mass is 10.0. The van der Waals surface area contributed by atoms with Crippen LogP contribution in [-0.2, 0) is 4.79 Å². The molecule has 156 valence electrons. The molecule has 1 fully saturated rings. The molecular weight excluding hydrogens is 384 g/mol. The second-order valence-electron chi connectivity index (χ2n) is 7.71. The summed E-state index contributed by atoms with van der Waals surface area (Å²) in [5.41, 5.74) is 0.694. The van der Waals surface area contributed by atoms with Gasteiger partial charge in [-0.15, -0.1) is 11.3 Å². The normalized spacial score (nSPS) is 16.4. The second kappa shape index (κ2) is 10.4. The summed E-state index contributed by atoms with van der Waals surface area (Å²) in [4.78, 5) is 29.0. The van der Waals surface area contributed by atoms with Crippen LogP contribution in [0.2, 0.25) is 0 Å². The number of hydrogen-bond donors (Lipinski definition) is 3. The van der Waals surface area contributed by atoms with Crippen LogP contribution in [0.4, 0.5) is 10.5 Å². The van der Waals surface area contributed by atoms with Crippen LogP contribution in [0, 0.1) is 5.92 Å². The van der Waals surface area contributed by atoms with Gasteiger partial charge >= 0.3 is 6.03 Å². The lowest BCUT2D eigenvalue weighted by Crippen LogP contribution is -2.52. The highest BCUT2D eigenvalue weighted by molar-refractivity contribution is 7.10. The highest BCUT2D eigenvalue weighted by Crippen LogP contribution is 2.27. The van der Waals surface area contributed by atoms with Crippen molar-refractivity contribution in [2.45, 2.75) is 38.8 Å². The summed E-state index contributed by atoms with van der Waals surface area (Å²) in [5, 5.41) is 10.8. The van der Waals surface area contributed by atoms with Gasteiger partial charge in [-0.2, -0.15) is 0 Å². The van der Waals surface area contributed by atoms with Crippen molar-refractivity contribution < 1.29 is 9.59 Å². The van der Waals surface area contributed by atoms with Gasteiger partial charge < -0.3 is 16.0 Å². The number of para-hydroxylation sites is 1. The van der Waals surface area contributed by atoms with Crippen molar-refractivity contribution >= 4 is 29.0 Å². The minimum atomic E-state index is -0.596. The quantitative estimate of drug-likeness (QED) is 0.614. The minimum absolute atomic E-state index is 0.0245. The zero-order valence-corrected chi connectivity index (χ0v) is 17.9. The Labute approximate surface area is 176 Å². The van der Waals surface area contributed by atoms with Gasteiger partial charge in [0.05, 0.1) is 6.04 Å². The molecule has 0 spiro atoms. The molecule has 2 atom stereocenters. The summed E-state index contributed by atoms with van der Waals surface area (Å²) in [6.07, 6.45) is 2.40. The first kappa shape index (κ1) is 21.3. The van der Waals surface area contributed by atoms with Gasteiger partial charge in [-0.25, -0.2) is 4.79 Å². The van der Waals surface area contributed by atoms with Crippen molar-refractivity contribution in [1.29, 1.82) is 0 Å². The van der Waals surface area contributed by atoms with E-state index in [-0.39, 0.29) is 23.9 Å². The van der Waals surface area contributed by atoms with Crippen LogP contribution in [0.25, 0.3) is 0 Å². The molecule has 0 aliphatic carbocycles. The molecule has 29 heavy (non-hydrogen) atoms. The smallest absolute Gasteiger partial charge is 0.319 e. The van der Waals surface area contributed by atoms with Crippen LogP contribution in [0.5, 0.6) is 0 Å². The van der Waals surface area contributed by atoms with Crippen LogP contribution >= 0.6 is 11.3 Å². The van der Waals surface area contributed by atoms with E-state index < -0.39 is 6.04 Å². The maximum absolute atomic E-state index is 12.9. The van der Waals surface area contributed by atoms with Gasteiger partial charge in [0.15, 0.2) is 0 Å². The molecule has 3 N–H and O–H groups in total. The molecule has 2 unspecified atom stereocenters. The molecule has 7 heteroatoms. The highest BCUT2D eigenvalue weighted by atomic mass is 32.1. The molecular formula is C22H30N4O2S. The van der Waals surface area contributed by atoms with E-state index in [1.807, 2.05) is 44.2 Å². The number of amides is 3. The number of carbonyl (C=O) groups is 2. The molecule has 3 amide bonds. The summed E-state index contributed by atoms with van der Waals surface area (Å²) >= 11 is 1.72. The minimum Gasteiger partial charge on any atom is -0.352 e. The van der Waals surface area contributed by atoms with Crippen molar-refractivity contribution in [1.82, 2.24) is 15.5 Å². The molecule has 1 aliphatic heterocycles. The first-order valence-electron chi connectivity index (χ1n) is 10.2. The SMILES string of the molecule is CC(C)C(NC(=O)Nc1ccccc1)C(=O)NCC(c1cccs1)N1CCCC1. The number of rotatable bonds is 8. The second-order valence-corrected chi connectivity index (χ2v) is 8.68. The van der Waals surface area contributed by atoms with Crippen molar-refractivity contribution in [2.24, 2.45) is 5.92 Å². The average Bonchev–Trinajstić information content (AvgIpc) is 3.41. The average molecular weight is 415 g/mol. The molecule has 0 radical (unpaired) electrons. The van der Waals surface area contributed by atoms with Crippen LogP contribution in [-0.4, -0.2) is 42.5 Å². The van der Waals surface area contributed by atoms with E-state index in [1.165, 1.54) is 17.7 Å². The van der Waals surface area contributed by atoms with E-state index in [9.17, 15) is 9.59 Å². The fraction of sp³-hybridized carbons (Fsp3) is 0.455. The van der Waals surface area contributed by atoms with Crippen molar-refractivity contribution in [2.75, 3.05) is 25.0 Å². The summed E-state index contributed by atoms with van der Waals surface area (Å²) in [6, 6.07) is 12.6. The molecule has 0 saturated carbocycles. The Morgan fingerprint density at radius 1 is 1.07 bits per heavy atom. The van der Waals surface area contributed by atoms with Gasteiger partial charge in [-0.05, 0) is 55.4 Å². The molecule has 3 rings (SSSR count). The number of nitrogens with one attached hydrogen (secondary N) is 3. The zero-order valence-electron chi connectivity index (χ0n) is 17.1. The Bertz CT molecular complexity index is 773. The maximum atomic E-state index is 12.9. The zero-order chi connectivity index (χ0) is 20.6. The topological polar surface area (TPSA) is 73.5 Å². The third-order valence-corrected chi connectivity index (χ3v) is 6.16. The van der Waals surface area contributed by atoms with E-state index in [2.05, 4.69) is 38.4 Å². The van der Waals surface area contributed by atoms with E-state index in [0.29, 0.717) is 12.2 Å². The Kier molecular flexibility index (Phi) is 7.66. The van der Waals surface area contributed by atoms with Gasteiger partial charge in [-0.1, -0.05) is 38.1 Å². The largest absolute Gasteiger partial charge is 0.352 e. The lowest BCUT2D eigenvalue weighted by Gasteiger charge is -2.28. The van der Waals surface area contributed by atoms with Gasteiger partial charge in [0.2, 0.25) is 5.91 Å². The summed E-state index contributed by atoms with van der Waals surface area (Å²) in [5.74, 6) is -0.174. The van der Waals surface area contributed by atoms with Gasteiger partial charge in [0, 0.05) is 17.1 Å². The standard InChI is InChI=1S/C22H30N4O2S/c1-16(2)20(25-22(28)24-17-9-4-3-5-10-17)21(27)23-15-18(19-11-8-14-29-19)26-12-6-7-13-26/h3-5,8-11,14,16,18,20H,6-7,12-13,15H2,1-2H3,(H,23,27)(H2,24,25,28). The van der Waals surface area contributed by atoms with Crippen LogP contribution in [0.15, 0.2) is 47.8 Å². The number of benzene rings is 1. The molecule has 6 nitrogen and oxygen atoms in total. The Balaban J connectivity index is 1.58. The van der Waals surface area contributed by atoms with Crippen LogP contribution in [0.3, 0.4) is 0 Å². The fourth-order valence-corrected chi connectivity index (χ4v) is 4.48. The van der Waals surface area contributed by atoms with E-state index in [0.717, 1.165) is 13.1 Å². The number of urea groups is 1. The Morgan fingerprint density at radius 3 is 2.41 bits per heavy atom. The number of hydrogen-bond acceptors (Lipinski definition) is 4. The van der Waals surface area contributed by atoms with Crippen molar-refractivity contribution in [3.63, 3.8) is 0 Å². The van der Waals surface area contributed by atoms with Gasteiger partial charge in [0.1, 0.15) is 6.04 Å². The molecule has 2 aromatic rings. The predicted molar refractivity (Wildman–Crippen MR) is 118 cm³/mol. The summed E-state index contributed by atoms with van der Waals surface area (Å²) < 4.78 is 0. The third kappa shape index (κ3) is 6.05. The highest BCUT2D eigenvalue weighted by Gasteiger charge is 2.28. The maximum Gasteiger partial charge on any atom is 0.319 e. The van der Waals surface area contributed by atoms with E-state index in [4.69, 9.17) is 0 Å². The number of anilines is 1. The van der Waals surface area contributed by atoms with Crippen LogP contribution in [0.1, 0.15) is 37.6 Å². The molecule has 2 heterocycles. The Hall–Kier alpha value is -2.38. The first-order valence-corrected chi connectivity index (χ1v) is 11.1. The number of carbonyl (C=O) groups excluding carboxylic acids is 2. The summed E-state index contributed by atoms with van der Waals surface area (Å²) in [7, 11) is 0. The van der Waals surface area contributed by atoms with Crippen LogP contribution < -0.4 is 16.0 Å². The number of nitrogens with zero attached hydrogens (tertiary/aromatic N) is 1. The van der Waals surface area contributed by atoms with E-state index >= 15 is 0 Å². The lowest BCUT2D eigenvalue weighted by molar-refractivity contribution is -0.124. The monoisotopic (exact) mass is 414 g/mol. The fourth-order valence-electron chi connectivity index (χ4n) is 3.62. The predicted octanol–water partition coefficient (Wildman–Crippen LogP) is 3.85. The first-order chi connectivity index (χ1) is 14.0. The van der Waals surface area contributed by atoms with Crippen molar-refractivity contribution in [3.05, 3.63) is 52.7 Å². The molecule has 0 bridgehead atoms. The Morgan fingerprint density at radius 2 is 1.79 bits per heavy atom. The summed E-state index contributed by atoms with van der Waals surface area (Å²) in [6.45, 7) is 6.53. The molecule has 1 aromatic heterocycles. The number of likely N-dealkylation sites (tertiary alicyclic amines) is 1. The molecule has 1 aliphatic rings. The van der Waals surface area contributed by atoms with Crippen molar-refractivity contribution in [3.8, 4) is 0 Å². The van der Waals surface area contributed by atoms with Gasteiger partial charge in [-0.3, -0.25) is 9.69 Å². The molecule has 1 saturated heterocycles.